The standard InChI is InChI=1S/C11H23NO3S/c1-3-16(14,15)8-4-6-12-7-5-11(9-12)10(2)13/h10-11,13H,3-9H2,1-2H3. The van der Waals surface area contributed by atoms with Crippen LogP contribution in [0.25, 0.3) is 0 Å². The van der Waals surface area contributed by atoms with Crippen LogP contribution in [0.2, 0.25) is 0 Å². The minimum Gasteiger partial charge on any atom is -0.393 e. The van der Waals surface area contributed by atoms with E-state index in [9.17, 15) is 13.5 Å². The molecular formula is C11H23NO3S. The van der Waals surface area contributed by atoms with Gasteiger partial charge in [-0.1, -0.05) is 6.92 Å². The molecule has 1 aliphatic heterocycles. The maximum absolute atomic E-state index is 11.3. The molecule has 0 bridgehead atoms. The summed E-state index contributed by atoms with van der Waals surface area (Å²) in [7, 11) is -2.82. The Morgan fingerprint density at radius 3 is 2.69 bits per heavy atom. The fourth-order valence-corrected chi connectivity index (χ4v) is 2.97. The summed E-state index contributed by atoms with van der Waals surface area (Å²) in [6.07, 6.45) is 1.49. The molecule has 0 aromatic rings. The molecule has 1 aliphatic rings. The van der Waals surface area contributed by atoms with Gasteiger partial charge >= 0.3 is 0 Å². The van der Waals surface area contributed by atoms with Crippen LogP contribution >= 0.6 is 0 Å². The molecule has 2 unspecified atom stereocenters. The summed E-state index contributed by atoms with van der Waals surface area (Å²) in [5.41, 5.74) is 0. The van der Waals surface area contributed by atoms with E-state index in [1.54, 1.807) is 6.92 Å². The van der Waals surface area contributed by atoms with Crippen molar-refractivity contribution in [2.24, 2.45) is 5.92 Å². The molecule has 1 fully saturated rings. The molecule has 1 heterocycles. The predicted octanol–water partition coefficient (Wildman–Crippen LogP) is 0.514. The second kappa shape index (κ2) is 5.98. The second-order valence-corrected chi connectivity index (χ2v) is 7.15. The Morgan fingerprint density at radius 2 is 2.19 bits per heavy atom. The van der Waals surface area contributed by atoms with Crippen molar-refractivity contribution < 1.29 is 13.5 Å². The van der Waals surface area contributed by atoms with Crippen LogP contribution in [0.4, 0.5) is 0 Å². The van der Waals surface area contributed by atoms with E-state index < -0.39 is 9.84 Å². The van der Waals surface area contributed by atoms with Gasteiger partial charge in [0.25, 0.3) is 0 Å². The van der Waals surface area contributed by atoms with E-state index in [-0.39, 0.29) is 11.9 Å². The van der Waals surface area contributed by atoms with E-state index in [2.05, 4.69) is 4.90 Å². The minimum atomic E-state index is -2.82. The van der Waals surface area contributed by atoms with E-state index >= 15 is 0 Å². The van der Waals surface area contributed by atoms with Crippen molar-refractivity contribution in [2.75, 3.05) is 31.1 Å². The Kier molecular flexibility index (Phi) is 5.21. The van der Waals surface area contributed by atoms with Gasteiger partial charge in [-0.3, -0.25) is 0 Å². The van der Waals surface area contributed by atoms with E-state index in [1.807, 2.05) is 6.92 Å². The fraction of sp³-hybridized carbons (Fsp3) is 1.00. The molecule has 0 aromatic carbocycles. The lowest BCUT2D eigenvalue weighted by atomic mass is 10.0. The number of likely N-dealkylation sites (tertiary alicyclic amines) is 1. The Balaban J connectivity index is 2.21. The number of aliphatic hydroxyl groups is 1. The van der Waals surface area contributed by atoms with Crippen LogP contribution < -0.4 is 0 Å². The molecule has 0 aliphatic carbocycles. The largest absolute Gasteiger partial charge is 0.393 e. The first-order valence-corrected chi connectivity index (χ1v) is 7.87. The van der Waals surface area contributed by atoms with Crippen LogP contribution in [0.5, 0.6) is 0 Å². The topological polar surface area (TPSA) is 57.6 Å². The van der Waals surface area contributed by atoms with Gasteiger partial charge < -0.3 is 10.0 Å². The first kappa shape index (κ1) is 13.9. The second-order valence-electron chi connectivity index (χ2n) is 4.68. The summed E-state index contributed by atoms with van der Waals surface area (Å²) in [6, 6.07) is 0. The van der Waals surface area contributed by atoms with Crippen molar-refractivity contribution >= 4 is 9.84 Å². The summed E-state index contributed by atoms with van der Waals surface area (Å²) >= 11 is 0. The van der Waals surface area contributed by atoms with Gasteiger partial charge in [0, 0.05) is 12.3 Å². The third kappa shape index (κ3) is 4.39. The minimum absolute atomic E-state index is 0.239. The van der Waals surface area contributed by atoms with E-state index in [0.717, 1.165) is 26.1 Å². The van der Waals surface area contributed by atoms with Crippen LogP contribution in [-0.4, -0.2) is 55.7 Å². The maximum atomic E-state index is 11.3. The number of hydrogen-bond acceptors (Lipinski definition) is 4. The summed E-state index contributed by atoms with van der Waals surface area (Å²) in [4.78, 5) is 2.25. The van der Waals surface area contributed by atoms with Gasteiger partial charge in [0.1, 0.15) is 9.84 Å². The third-order valence-electron chi connectivity index (χ3n) is 3.36. The molecule has 0 aromatic heterocycles. The Labute approximate surface area is 98.6 Å². The monoisotopic (exact) mass is 249 g/mol. The van der Waals surface area contributed by atoms with Gasteiger partial charge in [0.2, 0.25) is 0 Å². The maximum Gasteiger partial charge on any atom is 0.150 e. The molecule has 1 saturated heterocycles. The zero-order valence-electron chi connectivity index (χ0n) is 10.2. The molecule has 96 valence electrons. The molecule has 2 atom stereocenters. The van der Waals surface area contributed by atoms with Crippen LogP contribution in [-0.2, 0) is 9.84 Å². The van der Waals surface area contributed by atoms with Crippen molar-refractivity contribution in [3.8, 4) is 0 Å². The first-order valence-electron chi connectivity index (χ1n) is 6.05. The smallest absolute Gasteiger partial charge is 0.150 e. The Hall–Kier alpha value is -0.130. The van der Waals surface area contributed by atoms with E-state index in [1.165, 1.54) is 0 Å². The number of nitrogens with zero attached hydrogens (tertiary/aromatic N) is 1. The average molecular weight is 249 g/mol. The quantitative estimate of drug-likeness (QED) is 0.745. The van der Waals surface area contributed by atoms with Crippen LogP contribution in [0.3, 0.4) is 0 Å². The zero-order valence-corrected chi connectivity index (χ0v) is 11.0. The summed E-state index contributed by atoms with van der Waals surface area (Å²) in [5.74, 6) is 0.894. The fourth-order valence-electron chi connectivity index (χ4n) is 2.11. The van der Waals surface area contributed by atoms with E-state index in [4.69, 9.17) is 0 Å². The lowest BCUT2D eigenvalue weighted by molar-refractivity contribution is 0.128. The van der Waals surface area contributed by atoms with Gasteiger partial charge in [-0.05, 0) is 38.8 Å². The Morgan fingerprint density at radius 1 is 1.50 bits per heavy atom. The molecule has 0 radical (unpaired) electrons. The van der Waals surface area contributed by atoms with Gasteiger partial charge in [-0.25, -0.2) is 8.42 Å². The van der Waals surface area contributed by atoms with Gasteiger partial charge in [0.05, 0.1) is 11.9 Å². The van der Waals surface area contributed by atoms with Crippen LogP contribution in [0, 0.1) is 5.92 Å². The van der Waals surface area contributed by atoms with Crippen molar-refractivity contribution in [1.82, 2.24) is 4.90 Å². The molecule has 0 amide bonds. The predicted molar refractivity (Wildman–Crippen MR) is 65.2 cm³/mol. The molecule has 1 N–H and O–H groups in total. The number of aliphatic hydroxyl groups excluding tert-OH is 1. The highest BCUT2D eigenvalue weighted by molar-refractivity contribution is 7.91. The molecule has 16 heavy (non-hydrogen) atoms. The average Bonchev–Trinajstić information content (AvgIpc) is 2.66. The summed E-state index contributed by atoms with van der Waals surface area (Å²) in [6.45, 7) is 6.25. The highest BCUT2D eigenvalue weighted by Crippen LogP contribution is 2.19. The lowest BCUT2D eigenvalue weighted by Gasteiger charge is -2.16. The van der Waals surface area contributed by atoms with Crippen molar-refractivity contribution in [1.29, 1.82) is 0 Å². The Bertz CT molecular complexity index is 300. The summed E-state index contributed by atoms with van der Waals surface area (Å²) in [5, 5.41) is 9.44. The van der Waals surface area contributed by atoms with Gasteiger partial charge in [-0.2, -0.15) is 0 Å². The number of rotatable bonds is 6. The number of hydrogen-bond donors (Lipinski definition) is 1. The van der Waals surface area contributed by atoms with Gasteiger partial charge in [-0.15, -0.1) is 0 Å². The lowest BCUT2D eigenvalue weighted by Crippen LogP contribution is -2.26. The third-order valence-corrected chi connectivity index (χ3v) is 5.15. The molecule has 1 rings (SSSR count). The summed E-state index contributed by atoms with van der Waals surface area (Å²) < 4.78 is 22.6. The van der Waals surface area contributed by atoms with Crippen LogP contribution in [0.15, 0.2) is 0 Å². The van der Waals surface area contributed by atoms with Crippen molar-refractivity contribution in [3.05, 3.63) is 0 Å². The molecule has 4 nitrogen and oxygen atoms in total. The van der Waals surface area contributed by atoms with Crippen molar-refractivity contribution in [2.45, 2.75) is 32.8 Å². The molecule has 5 heteroatoms. The molecular weight excluding hydrogens is 226 g/mol. The van der Waals surface area contributed by atoms with Gasteiger partial charge in [0.15, 0.2) is 0 Å². The number of sulfone groups is 1. The SMILES string of the molecule is CCS(=O)(=O)CCCN1CCC(C(C)O)C1. The molecule has 0 spiro atoms. The van der Waals surface area contributed by atoms with E-state index in [0.29, 0.717) is 18.1 Å². The zero-order chi connectivity index (χ0) is 12.2. The normalized spacial score (nSPS) is 24.8. The highest BCUT2D eigenvalue weighted by atomic mass is 32.2. The highest BCUT2D eigenvalue weighted by Gasteiger charge is 2.25. The molecule has 0 saturated carbocycles. The van der Waals surface area contributed by atoms with Crippen LogP contribution in [0.1, 0.15) is 26.7 Å². The first-order chi connectivity index (χ1) is 7.44. The van der Waals surface area contributed by atoms with Crippen molar-refractivity contribution in [3.63, 3.8) is 0 Å².